The fraction of sp³-hybridized carbons (Fsp3) is 0.562. The molecule has 108 valence electrons. The van der Waals surface area contributed by atoms with E-state index in [1.807, 2.05) is 18.5 Å². The average Bonchev–Trinajstić information content (AvgIpc) is 2.97. The summed E-state index contributed by atoms with van der Waals surface area (Å²) in [6.07, 6.45) is 8.14. The molecule has 1 atom stereocenters. The molecule has 3 rings (SSSR count). The van der Waals surface area contributed by atoms with Gasteiger partial charge in [-0.3, -0.25) is 4.40 Å². The van der Waals surface area contributed by atoms with E-state index in [0.29, 0.717) is 6.04 Å². The van der Waals surface area contributed by atoms with Gasteiger partial charge in [0.25, 0.3) is 0 Å². The highest BCUT2D eigenvalue weighted by Gasteiger charge is 2.34. The Balaban J connectivity index is 1.79. The number of ether oxygens (including phenoxy) is 1. The highest BCUT2D eigenvalue weighted by atomic mass is 16.5. The maximum Gasteiger partial charge on any atom is 0.138 e. The molecule has 0 radical (unpaired) electrons. The van der Waals surface area contributed by atoms with Crippen molar-refractivity contribution < 1.29 is 4.74 Å². The van der Waals surface area contributed by atoms with Crippen molar-refractivity contribution in [2.75, 3.05) is 11.9 Å². The molecule has 0 saturated carbocycles. The quantitative estimate of drug-likeness (QED) is 0.926. The van der Waals surface area contributed by atoms with Crippen LogP contribution < -0.4 is 5.32 Å². The summed E-state index contributed by atoms with van der Waals surface area (Å²) in [4.78, 5) is 4.33. The van der Waals surface area contributed by atoms with E-state index >= 15 is 0 Å². The number of nitrogens with one attached hydrogen (secondary N) is 1. The van der Waals surface area contributed by atoms with Gasteiger partial charge in [0.2, 0.25) is 0 Å². The van der Waals surface area contributed by atoms with Crippen LogP contribution in [0.15, 0.2) is 30.6 Å². The molecule has 4 heteroatoms. The summed E-state index contributed by atoms with van der Waals surface area (Å²) in [6, 6.07) is 6.66. The highest BCUT2D eigenvalue weighted by molar-refractivity contribution is 5.50. The van der Waals surface area contributed by atoms with E-state index in [4.69, 9.17) is 4.74 Å². The Labute approximate surface area is 120 Å². The van der Waals surface area contributed by atoms with Crippen LogP contribution in [0.3, 0.4) is 0 Å². The van der Waals surface area contributed by atoms with Crippen molar-refractivity contribution in [2.24, 2.45) is 0 Å². The van der Waals surface area contributed by atoms with Crippen LogP contribution >= 0.6 is 0 Å². The molecule has 1 saturated heterocycles. The molecule has 0 aliphatic carbocycles. The average molecular weight is 273 g/mol. The monoisotopic (exact) mass is 273 g/mol. The predicted octanol–water partition coefficient (Wildman–Crippen LogP) is 3.48. The minimum absolute atomic E-state index is 0.0543. The molecular weight excluding hydrogens is 250 g/mol. The van der Waals surface area contributed by atoms with Gasteiger partial charge in [-0.2, -0.15) is 0 Å². The van der Waals surface area contributed by atoms with Gasteiger partial charge in [0.1, 0.15) is 11.5 Å². The van der Waals surface area contributed by atoms with Crippen molar-refractivity contribution >= 4 is 11.5 Å². The normalized spacial score (nSPS) is 22.0. The fourth-order valence-corrected chi connectivity index (χ4v) is 3.17. The minimum Gasteiger partial charge on any atom is -0.375 e. The highest BCUT2D eigenvalue weighted by Crippen LogP contribution is 2.32. The third-order valence-electron chi connectivity index (χ3n) is 4.56. The number of imidazole rings is 1. The number of hydrogen-bond donors (Lipinski definition) is 1. The molecule has 1 aliphatic heterocycles. The van der Waals surface area contributed by atoms with Gasteiger partial charge in [0, 0.05) is 25.0 Å². The van der Waals surface area contributed by atoms with Gasteiger partial charge in [-0.1, -0.05) is 19.9 Å². The molecule has 2 aromatic rings. The summed E-state index contributed by atoms with van der Waals surface area (Å²) in [5.74, 6) is 1.12. The van der Waals surface area contributed by atoms with Crippen LogP contribution in [-0.2, 0) is 4.74 Å². The van der Waals surface area contributed by atoms with Gasteiger partial charge in [0.15, 0.2) is 0 Å². The molecule has 1 unspecified atom stereocenters. The van der Waals surface area contributed by atoms with Crippen LogP contribution in [0.5, 0.6) is 0 Å². The van der Waals surface area contributed by atoms with Gasteiger partial charge in [-0.05, 0) is 37.8 Å². The molecule has 20 heavy (non-hydrogen) atoms. The van der Waals surface area contributed by atoms with Crippen LogP contribution in [0.2, 0.25) is 0 Å². The molecule has 2 aromatic heterocycles. The Morgan fingerprint density at radius 1 is 1.40 bits per heavy atom. The fourth-order valence-electron chi connectivity index (χ4n) is 3.17. The molecular formula is C16H23N3O. The van der Waals surface area contributed by atoms with Crippen molar-refractivity contribution in [3.05, 3.63) is 30.6 Å². The predicted molar refractivity (Wildman–Crippen MR) is 81.1 cm³/mol. The van der Waals surface area contributed by atoms with Crippen LogP contribution in [0.1, 0.15) is 39.5 Å². The lowest BCUT2D eigenvalue weighted by molar-refractivity contribution is -0.0864. The van der Waals surface area contributed by atoms with Crippen molar-refractivity contribution in [1.29, 1.82) is 0 Å². The second-order valence-electron chi connectivity index (χ2n) is 5.64. The molecule has 1 aliphatic rings. The lowest BCUT2D eigenvalue weighted by atomic mass is 9.86. The van der Waals surface area contributed by atoms with Gasteiger partial charge < -0.3 is 10.1 Å². The number of aromatic nitrogens is 2. The second-order valence-corrected chi connectivity index (χ2v) is 5.64. The van der Waals surface area contributed by atoms with Crippen molar-refractivity contribution in [1.82, 2.24) is 9.38 Å². The Morgan fingerprint density at radius 3 is 3.05 bits per heavy atom. The molecule has 3 heterocycles. The maximum atomic E-state index is 6.05. The minimum atomic E-state index is 0.0543. The molecule has 0 spiro atoms. The molecule has 1 fully saturated rings. The summed E-state index contributed by atoms with van der Waals surface area (Å²) < 4.78 is 8.15. The van der Waals surface area contributed by atoms with Gasteiger partial charge >= 0.3 is 0 Å². The summed E-state index contributed by atoms with van der Waals surface area (Å²) >= 11 is 0. The van der Waals surface area contributed by atoms with Gasteiger partial charge in [0.05, 0.1) is 5.60 Å². The van der Waals surface area contributed by atoms with E-state index in [1.165, 1.54) is 0 Å². The zero-order valence-corrected chi connectivity index (χ0v) is 12.3. The zero-order chi connectivity index (χ0) is 14.0. The summed E-state index contributed by atoms with van der Waals surface area (Å²) in [5.41, 5.74) is 1.04. The first-order chi connectivity index (χ1) is 9.76. The molecule has 4 nitrogen and oxygen atoms in total. The summed E-state index contributed by atoms with van der Waals surface area (Å²) in [7, 11) is 0. The molecule has 0 bridgehead atoms. The first-order valence-electron chi connectivity index (χ1n) is 7.59. The topological polar surface area (TPSA) is 38.6 Å². The lowest BCUT2D eigenvalue weighted by Gasteiger charge is -2.40. The van der Waals surface area contributed by atoms with E-state index in [2.05, 4.69) is 40.7 Å². The smallest absolute Gasteiger partial charge is 0.138 e. The largest absolute Gasteiger partial charge is 0.375 e. The number of hydrogen-bond acceptors (Lipinski definition) is 3. The van der Waals surface area contributed by atoms with Gasteiger partial charge in [-0.25, -0.2) is 4.98 Å². The number of anilines is 1. The van der Waals surface area contributed by atoms with Crippen molar-refractivity contribution in [3.63, 3.8) is 0 Å². The van der Waals surface area contributed by atoms with Crippen LogP contribution in [0.4, 0.5) is 5.82 Å². The SMILES string of the molecule is CCC1(CC)CC(Nc2cccc3nccn23)CCO1. The number of nitrogens with zero attached hydrogens (tertiary/aromatic N) is 2. The third kappa shape index (κ3) is 2.40. The molecule has 0 amide bonds. The Bertz CT molecular complexity index is 574. The first-order valence-corrected chi connectivity index (χ1v) is 7.59. The van der Waals surface area contributed by atoms with E-state index in [0.717, 1.165) is 43.8 Å². The Kier molecular flexibility index (Phi) is 3.66. The molecule has 0 aromatic carbocycles. The Morgan fingerprint density at radius 2 is 2.25 bits per heavy atom. The Hall–Kier alpha value is -1.55. The lowest BCUT2D eigenvalue weighted by Crippen LogP contribution is -2.43. The van der Waals surface area contributed by atoms with E-state index in [1.54, 1.807) is 0 Å². The first kappa shape index (κ1) is 13.4. The summed E-state index contributed by atoms with van der Waals surface area (Å²) in [5, 5.41) is 3.68. The van der Waals surface area contributed by atoms with E-state index in [-0.39, 0.29) is 5.60 Å². The van der Waals surface area contributed by atoms with Crippen LogP contribution in [0.25, 0.3) is 5.65 Å². The standard InChI is InChI=1S/C16H23N3O/c1-3-16(4-2)12-13(8-11-20-16)18-15-7-5-6-14-17-9-10-19(14)15/h5-7,9-10,13,18H,3-4,8,11-12H2,1-2H3. The molecule has 1 N–H and O–H groups in total. The van der Waals surface area contributed by atoms with Crippen LogP contribution in [-0.4, -0.2) is 27.6 Å². The van der Waals surface area contributed by atoms with E-state index in [9.17, 15) is 0 Å². The van der Waals surface area contributed by atoms with Crippen molar-refractivity contribution in [2.45, 2.75) is 51.2 Å². The number of rotatable bonds is 4. The maximum absolute atomic E-state index is 6.05. The van der Waals surface area contributed by atoms with Gasteiger partial charge in [-0.15, -0.1) is 0 Å². The third-order valence-corrected chi connectivity index (χ3v) is 4.56. The summed E-state index contributed by atoms with van der Waals surface area (Å²) in [6.45, 7) is 5.30. The second kappa shape index (κ2) is 5.44. The van der Waals surface area contributed by atoms with Crippen LogP contribution in [0, 0.1) is 0 Å². The number of fused-ring (bicyclic) bond motifs is 1. The van der Waals surface area contributed by atoms with Crippen molar-refractivity contribution in [3.8, 4) is 0 Å². The number of pyridine rings is 1. The van der Waals surface area contributed by atoms with E-state index < -0.39 is 0 Å². The zero-order valence-electron chi connectivity index (χ0n) is 12.3.